The summed E-state index contributed by atoms with van der Waals surface area (Å²) >= 11 is 0. The van der Waals surface area contributed by atoms with Crippen molar-refractivity contribution in [1.82, 2.24) is 9.97 Å². The van der Waals surface area contributed by atoms with E-state index in [9.17, 15) is 0 Å². The fraction of sp³-hybridized carbons (Fsp3) is 0.667. The third-order valence-electron chi connectivity index (χ3n) is 2.27. The van der Waals surface area contributed by atoms with Crippen molar-refractivity contribution in [3.05, 3.63) is 6.07 Å². The minimum Gasteiger partial charge on any atom is -0.380 e. The SMILES string of the molecule is CCCNc1cc(NC(C)COCC)nc(N)n1. The number of hydrogen-bond donors (Lipinski definition) is 3. The Morgan fingerprint density at radius 1 is 1.33 bits per heavy atom. The Labute approximate surface area is 108 Å². The normalized spacial score (nSPS) is 12.2. The van der Waals surface area contributed by atoms with Gasteiger partial charge in [-0.2, -0.15) is 9.97 Å². The van der Waals surface area contributed by atoms with E-state index in [2.05, 4.69) is 27.5 Å². The van der Waals surface area contributed by atoms with Crippen LogP contribution in [0.2, 0.25) is 0 Å². The van der Waals surface area contributed by atoms with E-state index in [0.717, 1.165) is 18.8 Å². The molecule has 6 nitrogen and oxygen atoms in total. The van der Waals surface area contributed by atoms with Crippen molar-refractivity contribution in [3.8, 4) is 0 Å². The van der Waals surface area contributed by atoms with Gasteiger partial charge in [-0.25, -0.2) is 0 Å². The molecule has 0 aliphatic heterocycles. The van der Waals surface area contributed by atoms with Crippen molar-refractivity contribution in [3.63, 3.8) is 0 Å². The maximum absolute atomic E-state index is 5.67. The fourth-order valence-corrected chi connectivity index (χ4v) is 1.47. The van der Waals surface area contributed by atoms with Crippen LogP contribution in [0.15, 0.2) is 6.07 Å². The zero-order chi connectivity index (χ0) is 13.4. The average molecular weight is 253 g/mol. The van der Waals surface area contributed by atoms with Crippen LogP contribution in [0.1, 0.15) is 27.2 Å². The largest absolute Gasteiger partial charge is 0.380 e. The second kappa shape index (κ2) is 7.71. The van der Waals surface area contributed by atoms with Crippen molar-refractivity contribution in [2.45, 2.75) is 33.2 Å². The van der Waals surface area contributed by atoms with Crippen LogP contribution >= 0.6 is 0 Å². The first-order chi connectivity index (χ1) is 8.65. The quantitative estimate of drug-likeness (QED) is 0.654. The van der Waals surface area contributed by atoms with Gasteiger partial charge in [-0.15, -0.1) is 0 Å². The molecule has 0 aromatic carbocycles. The molecule has 0 fully saturated rings. The van der Waals surface area contributed by atoms with Gasteiger partial charge in [0.05, 0.1) is 6.61 Å². The Kier molecular flexibility index (Phi) is 6.21. The Balaban J connectivity index is 2.61. The molecule has 0 saturated carbocycles. The summed E-state index contributed by atoms with van der Waals surface area (Å²) in [5, 5.41) is 6.43. The molecule has 0 bridgehead atoms. The van der Waals surface area contributed by atoms with E-state index in [0.29, 0.717) is 19.0 Å². The molecule has 18 heavy (non-hydrogen) atoms. The van der Waals surface area contributed by atoms with Crippen LogP contribution in [0.5, 0.6) is 0 Å². The van der Waals surface area contributed by atoms with Gasteiger partial charge in [-0.1, -0.05) is 6.92 Å². The number of ether oxygens (including phenoxy) is 1. The molecule has 102 valence electrons. The first kappa shape index (κ1) is 14.5. The van der Waals surface area contributed by atoms with Crippen LogP contribution in [-0.2, 0) is 4.74 Å². The molecule has 6 heteroatoms. The molecule has 1 atom stereocenters. The molecule has 0 amide bonds. The molecule has 1 rings (SSSR count). The maximum atomic E-state index is 5.67. The van der Waals surface area contributed by atoms with E-state index >= 15 is 0 Å². The van der Waals surface area contributed by atoms with Gasteiger partial charge in [0.1, 0.15) is 11.6 Å². The summed E-state index contributed by atoms with van der Waals surface area (Å²) in [6.45, 7) is 8.32. The summed E-state index contributed by atoms with van der Waals surface area (Å²) in [6.07, 6.45) is 1.04. The van der Waals surface area contributed by atoms with Crippen LogP contribution < -0.4 is 16.4 Å². The topological polar surface area (TPSA) is 85.1 Å². The van der Waals surface area contributed by atoms with Crippen molar-refractivity contribution in [1.29, 1.82) is 0 Å². The Hall–Kier alpha value is -1.56. The first-order valence-electron chi connectivity index (χ1n) is 6.38. The monoisotopic (exact) mass is 253 g/mol. The van der Waals surface area contributed by atoms with Gasteiger partial charge in [-0.05, 0) is 20.3 Å². The number of nitrogens with one attached hydrogen (secondary N) is 2. The minimum absolute atomic E-state index is 0.179. The molecule has 1 aromatic rings. The van der Waals surface area contributed by atoms with Crippen LogP contribution in [0.3, 0.4) is 0 Å². The Morgan fingerprint density at radius 3 is 2.72 bits per heavy atom. The third kappa shape index (κ3) is 5.18. The molecule has 0 saturated heterocycles. The average Bonchev–Trinajstić information content (AvgIpc) is 2.33. The summed E-state index contributed by atoms with van der Waals surface area (Å²) in [5.74, 6) is 1.73. The van der Waals surface area contributed by atoms with Gasteiger partial charge >= 0.3 is 0 Å². The van der Waals surface area contributed by atoms with E-state index in [1.807, 2.05) is 19.9 Å². The minimum atomic E-state index is 0.179. The summed E-state index contributed by atoms with van der Waals surface area (Å²) in [5.41, 5.74) is 5.67. The highest BCUT2D eigenvalue weighted by Gasteiger charge is 2.06. The molecular weight excluding hydrogens is 230 g/mol. The van der Waals surface area contributed by atoms with Gasteiger partial charge < -0.3 is 21.1 Å². The zero-order valence-corrected chi connectivity index (χ0v) is 11.4. The van der Waals surface area contributed by atoms with Gasteiger partial charge in [0.25, 0.3) is 0 Å². The Bertz CT molecular complexity index is 358. The molecule has 1 unspecified atom stereocenters. The van der Waals surface area contributed by atoms with E-state index < -0.39 is 0 Å². The summed E-state index contributed by atoms with van der Waals surface area (Å²) in [7, 11) is 0. The smallest absolute Gasteiger partial charge is 0.223 e. The van der Waals surface area contributed by atoms with Crippen LogP contribution in [-0.4, -0.2) is 35.8 Å². The van der Waals surface area contributed by atoms with Crippen molar-refractivity contribution in [2.75, 3.05) is 36.1 Å². The Morgan fingerprint density at radius 2 is 2.06 bits per heavy atom. The highest BCUT2D eigenvalue weighted by atomic mass is 16.5. The third-order valence-corrected chi connectivity index (χ3v) is 2.27. The zero-order valence-electron chi connectivity index (χ0n) is 11.4. The standard InChI is InChI=1S/C12H23N5O/c1-4-6-14-10-7-11(17-12(13)16-10)15-9(3)8-18-5-2/h7,9H,4-6,8H2,1-3H3,(H4,13,14,15,16,17). The first-order valence-corrected chi connectivity index (χ1v) is 6.38. The number of nitrogen functional groups attached to an aromatic ring is 1. The summed E-state index contributed by atoms with van der Waals surface area (Å²) < 4.78 is 5.34. The van der Waals surface area contributed by atoms with Crippen molar-refractivity contribution >= 4 is 17.6 Å². The fourth-order valence-electron chi connectivity index (χ4n) is 1.47. The lowest BCUT2D eigenvalue weighted by Crippen LogP contribution is -2.22. The number of anilines is 3. The predicted molar refractivity (Wildman–Crippen MR) is 74.8 cm³/mol. The number of nitrogens with two attached hydrogens (primary N) is 1. The number of nitrogens with zero attached hydrogens (tertiary/aromatic N) is 2. The van der Waals surface area contributed by atoms with Crippen LogP contribution in [0.4, 0.5) is 17.6 Å². The number of aromatic nitrogens is 2. The predicted octanol–water partition coefficient (Wildman–Crippen LogP) is 1.72. The second-order valence-electron chi connectivity index (χ2n) is 4.13. The van der Waals surface area contributed by atoms with Gasteiger partial charge in [0.2, 0.25) is 5.95 Å². The van der Waals surface area contributed by atoms with Crippen LogP contribution in [0.25, 0.3) is 0 Å². The molecule has 0 radical (unpaired) electrons. The van der Waals surface area contributed by atoms with Crippen molar-refractivity contribution < 1.29 is 4.74 Å². The second-order valence-corrected chi connectivity index (χ2v) is 4.13. The lowest BCUT2D eigenvalue weighted by atomic mass is 10.3. The maximum Gasteiger partial charge on any atom is 0.223 e. The van der Waals surface area contributed by atoms with E-state index in [1.165, 1.54) is 0 Å². The van der Waals surface area contributed by atoms with E-state index in [4.69, 9.17) is 10.5 Å². The highest BCUT2D eigenvalue weighted by Crippen LogP contribution is 2.13. The van der Waals surface area contributed by atoms with Gasteiger partial charge in [0, 0.05) is 25.3 Å². The van der Waals surface area contributed by atoms with Gasteiger partial charge in [0.15, 0.2) is 0 Å². The number of rotatable bonds is 8. The summed E-state index contributed by atoms with van der Waals surface area (Å²) in [6, 6.07) is 2.03. The van der Waals surface area contributed by atoms with Crippen LogP contribution in [0, 0.1) is 0 Å². The lowest BCUT2D eigenvalue weighted by Gasteiger charge is -2.15. The molecule has 0 aliphatic carbocycles. The highest BCUT2D eigenvalue weighted by molar-refractivity contribution is 5.51. The molecular formula is C12H23N5O. The van der Waals surface area contributed by atoms with Gasteiger partial charge in [-0.3, -0.25) is 0 Å². The molecule has 4 N–H and O–H groups in total. The molecule has 0 spiro atoms. The number of hydrogen-bond acceptors (Lipinski definition) is 6. The molecule has 1 aromatic heterocycles. The van der Waals surface area contributed by atoms with Crippen molar-refractivity contribution in [2.24, 2.45) is 0 Å². The van der Waals surface area contributed by atoms with E-state index in [-0.39, 0.29) is 12.0 Å². The van der Waals surface area contributed by atoms with E-state index in [1.54, 1.807) is 0 Å². The lowest BCUT2D eigenvalue weighted by molar-refractivity contribution is 0.141. The summed E-state index contributed by atoms with van der Waals surface area (Å²) in [4.78, 5) is 8.28. The molecule has 0 aliphatic rings. The molecule has 1 heterocycles.